The van der Waals surface area contributed by atoms with Crippen LogP contribution in [0.1, 0.15) is 19.4 Å². The fourth-order valence-electron chi connectivity index (χ4n) is 1.86. The van der Waals surface area contributed by atoms with E-state index in [4.69, 9.17) is 5.26 Å². The summed E-state index contributed by atoms with van der Waals surface area (Å²) in [5.41, 5.74) is 1.50. The van der Waals surface area contributed by atoms with Crippen molar-refractivity contribution in [1.82, 2.24) is 0 Å². The van der Waals surface area contributed by atoms with Gasteiger partial charge in [-0.3, -0.25) is 0 Å². The van der Waals surface area contributed by atoms with Crippen molar-refractivity contribution < 1.29 is 8.78 Å². The summed E-state index contributed by atoms with van der Waals surface area (Å²) in [7, 11) is 0. The first-order chi connectivity index (χ1) is 8.92. The molecule has 0 saturated heterocycles. The fraction of sp³-hybridized carbons (Fsp3) is 0.188. The summed E-state index contributed by atoms with van der Waals surface area (Å²) in [6, 6.07) is 12.8. The van der Waals surface area contributed by atoms with E-state index in [1.54, 1.807) is 24.3 Å². The Morgan fingerprint density at radius 1 is 0.895 bits per heavy atom. The molecule has 0 bridgehead atoms. The molecule has 0 saturated carbocycles. The molecule has 0 spiro atoms. The molecule has 0 N–H and O–H groups in total. The molecule has 0 heterocycles. The molecule has 0 fully saturated rings. The standard InChI is InChI=1S/C16H13F2N/c1-16(2,10-19)13-5-3-11(4-6-13)12-7-14(17)9-15(18)8-12/h3-9H,1-2H3. The third-order valence-corrected chi connectivity index (χ3v) is 3.08. The molecule has 2 aromatic carbocycles. The molecule has 0 radical (unpaired) electrons. The molecule has 0 aliphatic heterocycles. The first-order valence-electron chi connectivity index (χ1n) is 5.90. The quantitative estimate of drug-likeness (QED) is 0.780. The van der Waals surface area contributed by atoms with Crippen LogP contribution in [0, 0.1) is 23.0 Å². The minimum Gasteiger partial charge on any atom is -0.207 e. The Bertz CT molecular complexity index is 617. The van der Waals surface area contributed by atoms with Crippen LogP contribution < -0.4 is 0 Å². The van der Waals surface area contributed by atoms with E-state index in [1.807, 2.05) is 13.8 Å². The zero-order chi connectivity index (χ0) is 14.0. The Morgan fingerprint density at radius 3 is 1.89 bits per heavy atom. The van der Waals surface area contributed by atoms with Crippen molar-refractivity contribution in [2.75, 3.05) is 0 Å². The third-order valence-electron chi connectivity index (χ3n) is 3.08. The van der Waals surface area contributed by atoms with Gasteiger partial charge in [0.15, 0.2) is 0 Å². The van der Waals surface area contributed by atoms with E-state index in [9.17, 15) is 8.78 Å². The summed E-state index contributed by atoms with van der Waals surface area (Å²) in [4.78, 5) is 0. The first kappa shape index (κ1) is 13.2. The lowest BCUT2D eigenvalue weighted by Crippen LogP contribution is -2.13. The van der Waals surface area contributed by atoms with Gasteiger partial charge < -0.3 is 0 Å². The largest absolute Gasteiger partial charge is 0.207 e. The number of hydrogen-bond acceptors (Lipinski definition) is 1. The molecule has 96 valence electrons. The summed E-state index contributed by atoms with van der Waals surface area (Å²) in [5.74, 6) is -1.20. The van der Waals surface area contributed by atoms with E-state index in [1.165, 1.54) is 12.1 Å². The van der Waals surface area contributed by atoms with Crippen molar-refractivity contribution in [2.24, 2.45) is 0 Å². The minimum absolute atomic E-state index is 0.485. The van der Waals surface area contributed by atoms with Gasteiger partial charge in [-0.15, -0.1) is 0 Å². The molecule has 0 atom stereocenters. The predicted octanol–water partition coefficient (Wildman–Crippen LogP) is 4.43. The highest BCUT2D eigenvalue weighted by Gasteiger charge is 2.19. The van der Waals surface area contributed by atoms with Crippen molar-refractivity contribution in [3.05, 3.63) is 59.7 Å². The van der Waals surface area contributed by atoms with Crippen LogP contribution in [0.4, 0.5) is 8.78 Å². The highest BCUT2D eigenvalue weighted by molar-refractivity contribution is 5.64. The van der Waals surface area contributed by atoms with Gasteiger partial charge in [0.25, 0.3) is 0 Å². The average molecular weight is 257 g/mol. The topological polar surface area (TPSA) is 23.8 Å². The maximum atomic E-state index is 13.2. The van der Waals surface area contributed by atoms with E-state index < -0.39 is 17.0 Å². The van der Waals surface area contributed by atoms with Gasteiger partial charge in [0.1, 0.15) is 11.6 Å². The van der Waals surface area contributed by atoms with Gasteiger partial charge in [0.05, 0.1) is 11.5 Å². The van der Waals surface area contributed by atoms with Gasteiger partial charge in [0.2, 0.25) is 0 Å². The van der Waals surface area contributed by atoms with Crippen molar-refractivity contribution in [3.63, 3.8) is 0 Å². The van der Waals surface area contributed by atoms with Crippen LogP contribution in [-0.2, 0) is 5.41 Å². The molecular formula is C16H13F2N. The van der Waals surface area contributed by atoms with Crippen molar-refractivity contribution in [2.45, 2.75) is 19.3 Å². The normalized spacial score (nSPS) is 11.1. The van der Waals surface area contributed by atoms with E-state index in [2.05, 4.69) is 6.07 Å². The summed E-state index contributed by atoms with van der Waals surface area (Å²) >= 11 is 0. The Hall–Kier alpha value is -2.21. The number of nitriles is 1. The Morgan fingerprint density at radius 2 is 1.42 bits per heavy atom. The van der Waals surface area contributed by atoms with E-state index >= 15 is 0 Å². The molecule has 0 unspecified atom stereocenters. The van der Waals surface area contributed by atoms with Crippen LogP contribution >= 0.6 is 0 Å². The van der Waals surface area contributed by atoms with E-state index in [-0.39, 0.29) is 0 Å². The highest BCUT2D eigenvalue weighted by Crippen LogP contribution is 2.26. The average Bonchev–Trinajstić information content (AvgIpc) is 2.38. The number of nitrogens with zero attached hydrogens (tertiary/aromatic N) is 1. The molecule has 2 aromatic rings. The molecule has 2 rings (SSSR count). The van der Waals surface area contributed by atoms with E-state index in [0.717, 1.165) is 17.2 Å². The second-order valence-corrected chi connectivity index (χ2v) is 4.97. The second kappa shape index (κ2) is 4.81. The van der Waals surface area contributed by atoms with Crippen LogP contribution in [0.2, 0.25) is 0 Å². The molecule has 0 amide bonds. The first-order valence-corrected chi connectivity index (χ1v) is 5.90. The summed E-state index contributed by atoms with van der Waals surface area (Å²) in [5, 5.41) is 9.06. The van der Waals surface area contributed by atoms with Crippen LogP contribution in [-0.4, -0.2) is 0 Å². The van der Waals surface area contributed by atoms with Crippen LogP contribution in [0.5, 0.6) is 0 Å². The number of benzene rings is 2. The van der Waals surface area contributed by atoms with Crippen LogP contribution in [0.3, 0.4) is 0 Å². The van der Waals surface area contributed by atoms with Crippen LogP contribution in [0.25, 0.3) is 11.1 Å². The Balaban J connectivity index is 2.41. The maximum Gasteiger partial charge on any atom is 0.126 e. The molecular weight excluding hydrogens is 244 g/mol. The van der Waals surface area contributed by atoms with Crippen molar-refractivity contribution in [1.29, 1.82) is 5.26 Å². The molecule has 0 aliphatic carbocycles. The molecule has 1 nitrogen and oxygen atoms in total. The zero-order valence-electron chi connectivity index (χ0n) is 10.7. The van der Waals surface area contributed by atoms with Gasteiger partial charge in [-0.1, -0.05) is 24.3 Å². The van der Waals surface area contributed by atoms with Gasteiger partial charge >= 0.3 is 0 Å². The van der Waals surface area contributed by atoms with Gasteiger partial charge in [-0.25, -0.2) is 8.78 Å². The molecule has 0 aliphatic rings. The summed E-state index contributed by atoms with van der Waals surface area (Å²) in [6.45, 7) is 3.65. The SMILES string of the molecule is CC(C)(C#N)c1ccc(-c2cc(F)cc(F)c2)cc1. The van der Waals surface area contributed by atoms with Crippen LogP contribution in [0.15, 0.2) is 42.5 Å². The van der Waals surface area contributed by atoms with Crippen molar-refractivity contribution in [3.8, 4) is 17.2 Å². The second-order valence-electron chi connectivity index (χ2n) is 4.97. The van der Waals surface area contributed by atoms with E-state index in [0.29, 0.717) is 5.56 Å². The monoisotopic (exact) mass is 257 g/mol. The number of rotatable bonds is 2. The summed E-state index contributed by atoms with van der Waals surface area (Å²) in [6.07, 6.45) is 0. The lowest BCUT2D eigenvalue weighted by molar-refractivity contribution is 0.584. The minimum atomic E-state index is -0.601. The Kier molecular flexibility index (Phi) is 3.35. The fourth-order valence-corrected chi connectivity index (χ4v) is 1.86. The van der Waals surface area contributed by atoms with Gasteiger partial charge in [-0.2, -0.15) is 5.26 Å². The summed E-state index contributed by atoms with van der Waals surface area (Å²) < 4.78 is 26.3. The molecule has 19 heavy (non-hydrogen) atoms. The lowest BCUT2D eigenvalue weighted by Gasteiger charge is -2.16. The van der Waals surface area contributed by atoms with Gasteiger partial charge in [0, 0.05) is 6.07 Å². The number of hydrogen-bond donors (Lipinski definition) is 0. The van der Waals surface area contributed by atoms with Crippen molar-refractivity contribution >= 4 is 0 Å². The Labute approximate surface area is 111 Å². The maximum absolute atomic E-state index is 13.2. The van der Waals surface area contributed by atoms with Gasteiger partial charge in [-0.05, 0) is 42.7 Å². The third kappa shape index (κ3) is 2.79. The predicted molar refractivity (Wildman–Crippen MR) is 70.4 cm³/mol. The zero-order valence-corrected chi connectivity index (χ0v) is 10.7. The lowest BCUT2D eigenvalue weighted by atomic mass is 9.85. The smallest absolute Gasteiger partial charge is 0.126 e. The highest BCUT2D eigenvalue weighted by atomic mass is 19.1. The molecule has 3 heteroatoms. The number of halogens is 2. The molecule has 0 aromatic heterocycles.